The van der Waals surface area contributed by atoms with Gasteiger partial charge in [0.2, 0.25) is 5.75 Å². The Labute approximate surface area is 195 Å². The van der Waals surface area contributed by atoms with Crippen LogP contribution in [0, 0.1) is 0 Å². The van der Waals surface area contributed by atoms with Gasteiger partial charge < -0.3 is 24.8 Å². The predicted octanol–water partition coefficient (Wildman–Crippen LogP) is 4.63. The van der Waals surface area contributed by atoms with Crippen LogP contribution in [0.4, 0.5) is 0 Å². The van der Waals surface area contributed by atoms with Crippen molar-refractivity contribution in [1.82, 2.24) is 10.6 Å². The van der Waals surface area contributed by atoms with Gasteiger partial charge in [-0.15, -0.1) is 24.0 Å². The van der Waals surface area contributed by atoms with Gasteiger partial charge in [0, 0.05) is 18.1 Å². The number of methoxy groups -OCH3 is 2. The molecule has 2 N–H and O–H groups in total. The Bertz CT molecular complexity index is 760. The first kappa shape index (κ1) is 25.2. The van der Waals surface area contributed by atoms with E-state index in [-0.39, 0.29) is 24.0 Å². The fourth-order valence-electron chi connectivity index (χ4n) is 2.61. The number of guanidine groups is 1. The Morgan fingerprint density at radius 1 is 0.966 bits per heavy atom. The van der Waals surface area contributed by atoms with E-state index in [2.05, 4.69) is 15.6 Å². The number of halogens is 2. The van der Waals surface area contributed by atoms with E-state index in [0.717, 1.165) is 28.7 Å². The lowest BCUT2D eigenvalue weighted by molar-refractivity contribution is 0.288. The molecular formula is C21H29ClIN3O3. The summed E-state index contributed by atoms with van der Waals surface area (Å²) in [6, 6.07) is 11.6. The first-order chi connectivity index (χ1) is 13.6. The van der Waals surface area contributed by atoms with Crippen LogP contribution in [0.1, 0.15) is 25.0 Å². The van der Waals surface area contributed by atoms with Crippen LogP contribution in [0.25, 0.3) is 0 Å². The van der Waals surface area contributed by atoms with Gasteiger partial charge >= 0.3 is 0 Å². The molecule has 0 aromatic heterocycles. The molecule has 29 heavy (non-hydrogen) atoms. The van der Waals surface area contributed by atoms with Crippen molar-refractivity contribution in [3.63, 3.8) is 0 Å². The fourth-order valence-corrected chi connectivity index (χ4v) is 2.74. The Balaban J connectivity index is 0.00000420. The second-order valence-corrected chi connectivity index (χ2v) is 6.37. The summed E-state index contributed by atoms with van der Waals surface area (Å²) in [5.41, 5.74) is 2.08. The lowest BCUT2D eigenvalue weighted by atomic mass is 10.2. The van der Waals surface area contributed by atoms with Gasteiger partial charge in [-0.05, 0) is 49.2 Å². The van der Waals surface area contributed by atoms with Gasteiger partial charge in [0.15, 0.2) is 17.5 Å². The topological polar surface area (TPSA) is 64.1 Å². The molecule has 0 saturated carbocycles. The molecule has 0 heterocycles. The van der Waals surface area contributed by atoms with Gasteiger partial charge in [-0.25, -0.2) is 4.99 Å². The third-order valence-electron chi connectivity index (χ3n) is 3.95. The number of rotatable bonds is 9. The maximum atomic E-state index is 5.94. The van der Waals surface area contributed by atoms with Crippen LogP contribution in [-0.4, -0.2) is 33.3 Å². The van der Waals surface area contributed by atoms with Crippen molar-refractivity contribution in [2.75, 3.05) is 27.4 Å². The van der Waals surface area contributed by atoms with E-state index in [1.165, 1.54) is 0 Å². The number of ether oxygens (including phenoxy) is 3. The molecule has 0 amide bonds. The molecule has 0 bridgehead atoms. The molecule has 0 fully saturated rings. The van der Waals surface area contributed by atoms with Crippen molar-refractivity contribution >= 4 is 41.5 Å². The fraction of sp³-hybridized carbons (Fsp3) is 0.381. The van der Waals surface area contributed by atoms with Crippen molar-refractivity contribution in [2.24, 2.45) is 4.99 Å². The molecule has 0 saturated heterocycles. The average Bonchev–Trinajstić information content (AvgIpc) is 2.71. The van der Waals surface area contributed by atoms with Crippen LogP contribution >= 0.6 is 35.6 Å². The molecule has 6 nitrogen and oxygen atoms in total. The molecule has 0 aliphatic heterocycles. The molecule has 0 aliphatic carbocycles. The maximum absolute atomic E-state index is 5.94. The maximum Gasteiger partial charge on any atom is 0.203 e. The Hall–Kier alpha value is -1.87. The van der Waals surface area contributed by atoms with E-state index < -0.39 is 0 Å². The van der Waals surface area contributed by atoms with Gasteiger partial charge in [0.05, 0.1) is 27.4 Å². The lowest BCUT2D eigenvalue weighted by Gasteiger charge is -2.15. The average molecular weight is 534 g/mol. The van der Waals surface area contributed by atoms with Gasteiger partial charge in [0.25, 0.3) is 0 Å². The second-order valence-electron chi connectivity index (χ2n) is 5.94. The summed E-state index contributed by atoms with van der Waals surface area (Å²) in [5, 5.41) is 7.30. The van der Waals surface area contributed by atoms with E-state index in [1.807, 2.05) is 50.2 Å². The lowest BCUT2D eigenvalue weighted by Crippen LogP contribution is -2.36. The normalized spacial score (nSPS) is 10.7. The zero-order chi connectivity index (χ0) is 20.4. The number of nitrogens with one attached hydrogen (secondary N) is 2. The Kier molecular flexibility index (Phi) is 11.6. The van der Waals surface area contributed by atoms with Gasteiger partial charge in [0.1, 0.15) is 0 Å². The minimum absolute atomic E-state index is 0. The SMILES string of the molecule is CCNC(=NCc1cc(OC)c(OCC)c(OC)c1)NCc1ccc(Cl)cc1.I. The summed E-state index contributed by atoms with van der Waals surface area (Å²) in [5.74, 6) is 2.59. The Morgan fingerprint density at radius 2 is 1.59 bits per heavy atom. The first-order valence-electron chi connectivity index (χ1n) is 9.25. The molecule has 0 atom stereocenters. The zero-order valence-corrected chi connectivity index (χ0v) is 20.3. The second kappa shape index (κ2) is 13.4. The van der Waals surface area contributed by atoms with Gasteiger partial charge in [-0.1, -0.05) is 23.7 Å². The number of benzene rings is 2. The monoisotopic (exact) mass is 533 g/mol. The van der Waals surface area contributed by atoms with Crippen molar-refractivity contribution in [3.8, 4) is 17.2 Å². The molecule has 2 aromatic rings. The third kappa shape index (κ3) is 7.81. The summed E-state index contributed by atoms with van der Waals surface area (Å²) in [6.07, 6.45) is 0. The van der Waals surface area contributed by atoms with Crippen LogP contribution < -0.4 is 24.8 Å². The number of nitrogens with zero attached hydrogens (tertiary/aromatic N) is 1. The van der Waals surface area contributed by atoms with Crippen LogP contribution in [0.15, 0.2) is 41.4 Å². The first-order valence-corrected chi connectivity index (χ1v) is 9.63. The standard InChI is InChI=1S/C21H28ClN3O3.HI/c1-5-23-21(24-13-15-7-9-17(22)10-8-15)25-14-16-11-18(26-3)20(28-6-2)19(12-16)27-4;/h7-12H,5-6,13-14H2,1-4H3,(H2,23,24,25);1H. The molecule has 0 spiro atoms. The minimum Gasteiger partial charge on any atom is -0.493 e. The number of hydrogen-bond donors (Lipinski definition) is 2. The molecule has 0 unspecified atom stereocenters. The van der Waals surface area contributed by atoms with Gasteiger partial charge in [-0.2, -0.15) is 0 Å². The van der Waals surface area contributed by atoms with Crippen molar-refractivity contribution < 1.29 is 14.2 Å². The van der Waals surface area contributed by atoms with E-state index in [4.69, 9.17) is 25.8 Å². The summed E-state index contributed by atoms with van der Waals surface area (Å²) in [6.45, 7) is 6.37. The zero-order valence-electron chi connectivity index (χ0n) is 17.3. The van der Waals surface area contributed by atoms with E-state index in [0.29, 0.717) is 36.9 Å². The summed E-state index contributed by atoms with van der Waals surface area (Å²) in [4.78, 5) is 4.66. The highest BCUT2D eigenvalue weighted by molar-refractivity contribution is 14.0. The highest BCUT2D eigenvalue weighted by Gasteiger charge is 2.13. The van der Waals surface area contributed by atoms with Crippen LogP contribution in [0.5, 0.6) is 17.2 Å². The molecule has 160 valence electrons. The van der Waals surface area contributed by atoms with Crippen molar-refractivity contribution in [3.05, 3.63) is 52.5 Å². The highest BCUT2D eigenvalue weighted by atomic mass is 127. The van der Waals surface area contributed by atoms with Gasteiger partial charge in [-0.3, -0.25) is 0 Å². The number of aliphatic imine (C=N–C) groups is 1. The van der Waals surface area contributed by atoms with Crippen molar-refractivity contribution in [1.29, 1.82) is 0 Å². The van der Waals surface area contributed by atoms with Crippen LogP contribution in [0.3, 0.4) is 0 Å². The molecule has 0 aliphatic rings. The molecule has 2 rings (SSSR count). The molecule has 8 heteroatoms. The minimum atomic E-state index is 0. The van der Waals surface area contributed by atoms with Crippen LogP contribution in [-0.2, 0) is 13.1 Å². The molecular weight excluding hydrogens is 505 g/mol. The Morgan fingerprint density at radius 3 is 2.10 bits per heavy atom. The van der Waals surface area contributed by atoms with Crippen molar-refractivity contribution in [2.45, 2.75) is 26.9 Å². The third-order valence-corrected chi connectivity index (χ3v) is 4.20. The quantitative estimate of drug-likeness (QED) is 0.280. The van der Waals surface area contributed by atoms with E-state index in [9.17, 15) is 0 Å². The number of hydrogen-bond acceptors (Lipinski definition) is 4. The largest absolute Gasteiger partial charge is 0.493 e. The predicted molar refractivity (Wildman–Crippen MR) is 129 cm³/mol. The summed E-state index contributed by atoms with van der Waals surface area (Å²) >= 11 is 5.94. The highest BCUT2D eigenvalue weighted by Crippen LogP contribution is 2.38. The van der Waals surface area contributed by atoms with E-state index in [1.54, 1.807) is 14.2 Å². The molecule has 2 aromatic carbocycles. The van der Waals surface area contributed by atoms with E-state index >= 15 is 0 Å². The van der Waals surface area contributed by atoms with Crippen LogP contribution in [0.2, 0.25) is 5.02 Å². The molecule has 0 radical (unpaired) electrons. The summed E-state index contributed by atoms with van der Waals surface area (Å²) < 4.78 is 16.6. The smallest absolute Gasteiger partial charge is 0.203 e. The summed E-state index contributed by atoms with van der Waals surface area (Å²) in [7, 11) is 3.23.